The van der Waals surface area contributed by atoms with Crippen LogP contribution in [0.3, 0.4) is 0 Å². The van der Waals surface area contributed by atoms with Crippen LogP contribution in [0.25, 0.3) is 0 Å². The predicted molar refractivity (Wildman–Crippen MR) is 140 cm³/mol. The Hall–Kier alpha value is -1.55. The quantitative estimate of drug-likeness (QED) is 0.267. The van der Waals surface area contributed by atoms with Crippen LogP contribution in [0.1, 0.15) is 24.0 Å². The lowest BCUT2D eigenvalue weighted by Crippen LogP contribution is -2.40. The molecule has 0 spiro atoms. The van der Waals surface area contributed by atoms with E-state index in [1.165, 1.54) is 11.1 Å². The van der Waals surface area contributed by atoms with Gasteiger partial charge in [0, 0.05) is 38.9 Å². The van der Waals surface area contributed by atoms with E-state index in [0.29, 0.717) is 37.4 Å². The summed E-state index contributed by atoms with van der Waals surface area (Å²) in [7, 11) is 3.78. The summed E-state index contributed by atoms with van der Waals surface area (Å²) in [6, 6.07) is 15.9. The lowest BCUT2D eigenvalue weighted by molar-refractivity contribution is -0.0390. The van der Waals surface area contributed by atoms with E-state index in [-0.39, 0.29) is 24.0 Å². The lowest BCUT2D eigenvalue weighted by Gasteiger charge is -2.23. The molecule has 6 nitrogen and oxygen atoms in total. The van der Waals surface area contributed by atoms with Gasteiger partial charge in [0.2, 0.25) is 0 Å². The van der Waals surface area contributed by atoms with Crippen LogP contribution in [-0.4, -0.2) is 57.4 Å². The summed E-state index contributed by atoms with van der Waals surface area (Å²) in [6.07, 6.45) is 2.26. The Kier molecular flexibility index (Phi) is 12.2. The molecule has 8 heteroatoms. The first-order valence-corrected chi connectivity index (χ1v) is 11.1. The third-order valence-electron chi connectivity index (χ3n) is 5.16. The molecule has 0 bridgehead atoms. The van der Waals surface area contributed by atoms with Crippen LogP contribution in [-0.2, 0) is 22.6 Å². The normalized spacial score (nSPS) is 14.5. The highest BCUT2D eigenvalue weighted by Crippen LogP contribution is 2.17. The minimum Gasteiger partial charge on any atom is -0.492 e. The Morgan fingerprint density at radius 1 is 1.16 bits per heavy atom. The maximum absolute atomic E-state index is 6.04. The average molecular weight is 574 g/mol. The van der Waals surface area contributed by atoms with Crippen LogP contribution in [0.2, 0.25) is 5.02 Å². The molecule has 1 saturated heterocycles. The van der Waals surface area contributed by atoms with Crippen molar-refractivity contribution in [3.8, 4) is 5.75 Å². The Morgan fingerprint density at radius 3 is 2.66 bits per heavy atom. The molecule has 1 heterocycles. The van der Waals surface area contributed by atoms with Crippen molar-refractivity contribution >= 4 is 41.5 Å². The number of halogens is 2. The number of nitrogens with zero attached hydrogens (tertiary/aromatic N) is 2. The lowest BCUT2D eigenvalue weighted by atomic mass is 10.1. The van der Waals surface area contributed by atoms with Crippen LogP contribution in [0.15, 0.2) is 53.5 Å². The summed E-state index contributed by atoms with van der Waals surface area (Å²) >= 11 is 6.00. The molecular formula is C24H33ClIN3O3. The molecule has 1 N–H and O–H groups in total. The molecule has 1 fully saturated rings. The van der Waals surface area contributed by atoms with Gasteiger partial charge in [0.05, 0.1) is 19.3 Å². The summed E-state index contributed by atoms with van der Waals surface area (Å²) in [4.78, 5) is 6.43. The highest BCUT2D eigenvalue weighted by Gasteiger charge is 2.14. The third kappa shape index (κ3) is 9.13. The minimum atomic E-state index is 0. The van der Waals surface area contributed by atoms with E-state index in [0.717, 1.165) is 37.8 Å². The molecule has 0 aromatic heterocycles. The highest BCUT2D eigenvalue weighted by molar-refractivity contribution is 14.0. The SMILES string of the molecule is CN=C(NCc1cccc(COC2CCOCC2)c1)N(C)CCOc1cccc(Cl)c1.I. The second kappa shape index (κ2) is 14.6. The van der Waals surface area contributed by atoms with Gasteiger partial charge in [0.25, 0.3) is 0 Å². The monoisotopic (exact) mass is 573 g/mol. The Morgan fingerprint density at radius 2 is 1.91 bits per heavy atom. The largest absolute Gasteiger partial charge is 0.492 e. The molecule has 3 rings (SSSR count). The second-order valence-electron chi connectivity index (χ2n) is 7.57. The van der Waals surface area contributed by atoms with E-state index in [1.54, 1.807) is 7.05 Å². The van der Waals surface area contributed by atoms with E-state index in [1.807, 2.05) is 36.2 Å². The Bertz CT molecular complexity index is 847. The Labute approximate surface area is 213 Å². The van der Waals surface area contributed by atoms with Crippen molar-refractivity contribution in [3.05, 3.63) is 64.7 Å². The fourth-order valence-corrected chi connectivity index (χ4v) is 3.60. The molecule has 0 saturated carbocycles. The molecule has 0 unspecified atom stereocenters. The van der Waals surface area contributed by atoms with E-state index in [2.05, 4.69) is 34.6 Å². The highest BCUT2D eigenvalue weighted by atomic mass is 127. The molecular weight excluding hydrogens is 541 g/mol. The first-order chi connectivity index (χ1) is 15.1. The summed E-state index contributed by atoms with van der Waals surface area (Å²) in [5, 5.41) is 4.09. The molecule has 1 aliphatic rings. The van der Waals surface area contributed by atoms with Crippen molar-refractivity contribution in [3.63, 3.8) is 0 Å². The number of guanidine groups is 1. The number of ether oxygens (including phenoxy) is 3. The van der Waals surface area contributed by atoms with E-state index < -0.39 is 0 Å². The van der Waals surface area contributed by atoms with Crippen LogP contribution in [0.5, 0.6) is 5.75 Å². The first kappa shape index (κ1) is 26.7. The number of nitrogens with one attached hydrogen (secondary N) is 1. The van der Waals surface area contributed by atoms with Gasteiger partial charge < -0.3 is 24.4 Å². The molecule has 2 aromatic carbocycles. The number of benzene rings is 2. The van der Waals surface area contributed by atoms with Gasteiger partial charge in [-0.3, -0.25) is 4.99 Å². The van der Waals surface area contributed by atoms with Gasteiger partial charge in [-0.05, 0) is 42.2 Å². The van der Waals surface area contributed by atoms with Crippen molar-refractivity contribution in [2.75, 3.05) is 40.5 Å². The summed E-state index contributed by atoms with van der Waals surface area (Å²) in [6.45, 7) is 4.16. The molecule has 32 heavy (non-hydrogen) atoms. The number of aliphatic imine (C=N–C) groups is 1. The molecule has 0 radical (unpaired) electrons. The fourth-order valence-electron chi connectivity index (χ4n) is 3.42. The number of hydrogen-bond acceptors (Lipinski definition) is 4. The first-order valence-electron chi connectivity index (χ1n) is 10.7. The predicted octanol–water partition coefficient (Wildman–Crippen LogP) is 4.74. The van der Waals surface area contributed by atoms with Gasteiger partial charge in [-0.15, -0.1) is 24.0 Å². The van der Waals surface area contributed by atoms with Crippen molar-refractivity contribution in [2.45, 2.75) is 32.1 Å². The van der Waals surface area contributed by atoms with E-state index in [4.69, 9.17) is 25.8 Å². The maximum atomic E-state index is 6.04. The summed E-state index contributed by atoms with van der Waals surface area (Å²) < 4.78 is 17.2. The summed E-state index contributed by atoms with van der Waals surface area (Å²) in [5.74, 6) is 1.59. The standard InChI is InChI=1S/C24H32ClN3O3.HI/c1-26-24(28(2)11-14-30-23-8-4-7-21(25)16-23)27-17-19-5-3-6-20(15-19)18-31-22-9-12-29-13-10-22;/h3-8,15-16,22H,9-14,17-18H2,1-2H3,(H,26,27);1H. The van der Waals surface area contributed by atoms with Gasteiger partial charge >= 0.3 is 0 Å². The van der Waals surface area contributed by atoms with Gasteiger partial charge in [-0.1, -0.05) is 41.9 Å². The Balaban J connectivity index is 0.00000363. The van der Waals surface area contributed by atoms with Crippen molar-refractivity contribution < 1.29 is 14.2 Å². The molecule has 0 amide bonds. The van der Waals surface area contributed by atoms with Crippen LogP contribution in [0, 0.1) is 0 Å². The molecule has 1 aliphatic heterocycles. The van der Waals surface area contributed by atoms with Crippen LogP contribution >= 0.6 is 35.6 Å². The van der Waals surface area contributed by atoms with Gasteiger partial charge in [0.1, 0.15) is 12.4 Å². The zero-order valence-electron chi connectivity index (χ0n) is 18.8. The van der Waals surface area contributed by atoms with E-state index >= 15 is 0 Å². The van der Waals surface area contributed by atoms with Crippen molar-refractivity contribution in [1.82, 2.24) is 10.2 Å². The zero-order valence-corrected chi connectivity index (χ0v) is 21.8. The third-order valence-corrected chi connectivity index (χ3v) is 5.40. The molecule has 0 atom stereocenters. The van der Waals surface area contributed by atoms with Gasteiger partial charge in [0.15, 0.2) is 5.96 Å². The molecule has 176 valence electrons. The molecule has 0 aliphatic carbocycles. The van der Waals surface area contributed by atoms with Gasteiger partial charge in [-0.25, -0.2) is 0 Å². The number of rotatable bonds is 9. The second-order valence-corrected chi connectivity index (χ2v) is 8.01. The van der Waals surface area contributed by atoms with Crippen LogP contribution < -0.4 is 10.1 Å². The summed E-state index contributed by atoms with van der Waals surface area (Å²) in [5.41, 5.74) is 2.38. The topological polar surface area (TPSA) is 55.3 Å². The average Bonchev–Trinajstić information content (AvgIpc) is 2.79. The maximum Gasteiger partial charge on any atom is 0.193 e. The number of likely N-dealkylation sites (N-methyl/N-ethyl adjacent to an activating group) is 1. The van der Waals surface area contributed by atoms with Crippen LogP contribution in [0.4, 0.5) is 0 Å². The number of hydrogen-bond donors (Lipinski definition) is 1. The molecule has 2 aromatic rings. The van der Waals surface area contributed by atoms with Crippen molar-refractivity contribution in [2.24, 2.45) is 4.99 Å². The minimum absolute atomic E-state index is 0. The smallest absolute Gasteiger partial charge is 0.193 e. The van der Waals surface area contributed by atoms with Crippen molar-refractivity contribution in [1.29, 1.82) is 0 Å². The zero-order chi connectivity index (χ0) is 21.9. The van der Waals surface area contributed by atoms with Gasteiger partial charge in [-0.2, -0.15) is 0 Å². The fraction of sp³-hybridized carbons (Fsp3) is 0.458. The van der Waals surface area contributed by atoms with E-state index in [9.17, 15) is 0 Å².